The van der Waals surface area contributed by atoms with Gasteiger partial charge in [-0.3, -0.25) is 9.48 Å². The van der Waals surface area contributed by atoms with Gasteiger partial charge in [0.25, 0.3) is 0 Å². The van der Waals surface area contributed by atoms with Crippen molar-refractivity contribution in [2.45, 2.75) is 205 Å². The average molecular weight is 1030 g/mol. The minimum absolute atomic E-state index is 0.104. The lowest BCUT2D eigenvalue weighted by molar-refractivity contribution is -0.318. The Morgan fingerprint density at radius 3 is 2.30 bits per heavy atom. The zero-order chi connectivity index (χ0) is 53.6. The Morgan fingerprint density at radius 1 is 0.932 bits per heavy atom. The van der Waals surface area contributed by atoms with Crippen molar-refractivity contribution in [2.24, 2.45) is 17.8 Å². The summed E-state index contributed by atoms with van der Waals surface area (Å²) in [5.41, 5.74) is -1.65. The molecule has 412 valence electrons. The molecule has 19 heteroatoms. The summed E-state index contributed by atoms with van der Waals surface area (Å²) in [7, 11) is 5.29. The van der Waals surface area contributed by atoms with Crippen LogP contribution in [0.2, 0.25) is 0 Å². The van der Waals surface area contributed by atoms with Crippen LogP contribution in [0, 0.1) is 17.8 Å². The van der Waals surface area contributed by atoms with Gasteiger partial charge in [0.1, 0.15) is 35.8 Å². The number of hydrogen-bond donors (Lipinski definition) is 5. The zero-order valence-corrected chi connectivity index (χ0v) is 45.5. The summed E-state index contributed by atoms with van der Waals surface area (Å²) in [6.07, 6.45) is -2.40. The number of carbonyl (C=O) groups is 1. The molecule has 1 aromatic carbocycles. The lowest BCUT2D eigenvalue weighted by atomic mass is 9.77. The second kappa shape index (κ2) is 25.1. The first-order valence-electron chi connectivity index (χ1n) is 26.3. The predicted octanol–water partition coefficient (Wildman–Crippen LogP) is 4.83. The highest BCUT2D eigenvalue weighted by Gasteiger charge is 2.53. The maximum Gasteiger partial charge on any atom is 0.311 e. The Labute approximate surface area is 432 Å². The molecule has 19 nitrogen and oxygen atoms in total. The number of aliphatic hydroxyl groups excluding tert-OH is 3. The number of nitrogens with zero attached hydrogens (tertiary/aromatic N) is 5. The first-order valence-corrected chi connectivity index (χ1v) is 26.3. The van der Waals surface area contributed by atoms with Crippen LogP contribution < -0.4 is 4.74 Å². The Bertz CT molecular complexity index is 2140. The van der Waals surface area contributed by atoms with Crippen molar-refractivity contribution in [3.05, 3.63) is 54.7 Å². The average Bonchev–Trinajstić information content (AvgIpc) is 4.06. The summed E-state index contributed by atoms with van der Waals surface area (Å²) in [6.45, 7) is 19.7. The van der Waals surface area contributed by atoms with Crippen LogP contribution in [0.4, 0.5) is 0 Å². The number of aromatic nitrogens is 3. The largest absolute Gasteiger partial charge is 0.494 e. The van der Waals surface area contributed by atoms with Gasteiger partial charge < -0.3 is 72.9 Å². The molecule has 5 N–H and O–H groups in total. The molecule has 2 aromatic heterocycles. The van der Waals surface area contributed by atoms with E-state index in [0.717, 1.165) is 29.0 Å². The first kappa shape index (κ1) is 58.7. The maximum absolute atomic E-state index is 14.5. The second-order valence-electron chi connectivity index (χ2n) is 22.1. The van der Waals surface area contributed by atoms with E-state index in [4.69, 9.17) is 37.6 Å². The van der Waals surface area contributed by atoms with Crippen LogP contribution in [-0.4, -0.2) is 187 Å². The number of rotatable bonds is 16. The fourth-order valence-electron chi connectivity index (χ4n) is 11.3. The van der Waals surface area contributed by atoms with Crippen molar-refractivity contribution in [3.63, 3.8) is 0 Å². The van der Waals surface area contributed by atoms with Crippen molar-refractivity contribution >= 4 is 5.97 Å². The molecule has 0 amide bonds. The van der Waals surface area contributed by atoms with E-state index in [9.17, 15) is 30.3 Å². The molecule has 0 saturated carbocycles. The van der Waals surface area contributed by atoms with E-state index in [1.807, 2.05) is 81.0 Å². The van der Waals surface area contributed by atoms with Gasteiger partial charge in [-0.25, -0.2) is 0 Å². The number of benzene rings is 1. The van der Waals surface area contributed by atoms with Gasteiger partial charge in [0.2, 0.25) is 0 Å². The molecule has 0 unspecified atom stereocenters. The molecule has 3 aliphatic heterocycles. The van der Waals surface area contributed by atoms with E-state index in [2.05, 4.69) is 15.2 Å². The predicted molar refractivity (Wildman–Crippen MR) is 271 cm³/mol. The smallest absolute Gasteiger partial charge is 0.311 e. The quantitative estimate of drug-likeness (QED) is 0.0955. The van der Waals surface area contributed by atoms with Gasteiger partial charge >= 0.3 is 5.97 Å². The van der Waals surface area contributed by atoms with E-state index in [1.165, 1.54) is 14.0 Å². The van der Waals surface area contributed by atoms with Gasteiger partial charge in [0, 0.05) is 75.8 Å². The fraction of sp³-hybridized carbons (Fsp3) is 0.759. The molecule has 5 heterocycles. The number of cyclic esters (lactones) is 1. The van der Waals surface area contributed by atoms with Crippen LogP contribution >= 0.6 is 0 Å². The third-order valence-electron chi connectivity index (χ3n) is 15.9. The molecular weight excluding hydrogens is 943 g/mol. The van der Waals surface area contributed by atoms with Gasteiger partial charge in [-0.2, -0.15) is 0 Å². The van der Waals surface area contributed by atoms with E-state index in [-0.39, 0.29) is 31.3 Å². The topological polar surface area (TPSA) is 233 Å². The van der Waals surface area contributed by atoms with Crippen molar-refractivity contribution in [2.75, 3.05) is 40.9 Å². The summed E-state index contributed by atoms with van der Waals surface area (Å²) in [5, 5.41) is 68.5. The molecule has 0 spiro atoms. The molecule has 3 fully saturated rings. The summed E-state index contributed by atoms with van der Waals surface area (Å²) < 4.78 is 51.3. The molecule has 0 aliphatic carbocycles. The van der Waals surface area contributed by atoms with E-state index in [1.54, 1.807) is 54.1 Å². The van der Waals surface area contributed by atoms with E-state index >= 15 is 0 Å². The first-order chi connectivity index (χ1) is 34.4. The summed E-state index contributed by atoms with van der Waals surface area (Å²) in [4.78, 5) is 18.5. The molecule has 3 aromatic rings. The lowest BCUT2D eigenvalue weighted by Crippen LogP contribution is -2.61. The number of carbonyl (C=O) groups excluding carboxylic acids is 1. The number of aliphatic hydroxyl groups is 5. The Balaban J connectivity index is 1.19. The third kappa shape index (κ3) is 14.3. The van der Waals surface area contributed by atoms with Crippen molar-refractivity contribution < 1.29 is 67.9 Å². The fourth-order valence-corrected chi connectivity index (χ4v) is 11.3. The zero-order valence-electron chi connectivity index (χ0n) is 45.5. The van der Waals surface area contributed by atoms with Crippen LogP contribution in [-0.2, 0) is 46.2 Å². The third-order valence-corrected chi connectivity index (χ3v) is 15.9. The van der Waals surface area contributed by atoms with Crippen molar-refractivity contribution in [3.8, 4) is 16.9 Å². The van der Waals surface area contributed by atoms with Crippen LogP contribution in [0.15, 0.2) is 53.5 Å². The molecule has 3 saturated heterocycles. The number of aryl methyl sites for hydroxylation is 1. The van der Waals surface area contributed by atoms with Crippen LogP contribution in [0.1, 0.15) is 107 Å². The highest BCUT2D eigenvalue weighted by molar-refractivity contribution is 5.73. The van der Waals surface area contributed by atoms with Crippen LogP contribution in [0.3, 0.4) is 0 Å². The number of likely N-dealkylation sites (N-methyl/N-ethyl adjacent to an activating group) is 2. The summed E-state index contributed by atoms with van der Waals surface area (Å²) >= 11 is 0. The monoisotopic (exact) mass is 1030 g/mol. The Morgan fingerprint density at radius 2 is 1.64 bits per heavy atom. The number of ether oxygens (including phenoxy) is 7. The summed E-state index contributed by atoms with van der Waals surface area (Å²) in [6, 6.07) is 8.82. The number of esters is 1. The summed E-state index contributed by atoms with van der Waals surface area (Å²) in [5.74, 6) is -1.98. The highest BCUT2D eigenvalue weighted by Crippen LogP contribution is 2.40. The Kier molecular flexibility index (Phi) is 20.1. The molecule has 6 rings (SSSR count). The molecular formula is C54H87N5O14. The molecule has 3 aliphatic rings. The van der Waals surface area contributed by atoms with Gasteiger partial charge in [-0.1, -0.05) is 38.1 Å². The van der Waals surface area contributed by atoms with Crippen LogP contribution in [0.25, 0.3) is 11.1 Å². The van der Waals surface area contributed by atoms with Crippen molar-refractivity contribution in [1.82, 2.24) is 24.8 Å². The van der Waals surface area contributed by atoms with E-state index < -0.39 is 102 Å². The van der Waals surface area contributed by atoms with E-state index in [0.29, 0.717) is 39.1 Å². The highest BCUT2D eigenvalue weighted by atomic mass is 16.7. The van der Waals surface area contributed by atoms with Gasteiger partial charge in [0.15, 0.2) is 12.6 Å². The van der Waals surface area contributed by atoms with Crippen LogP contribution in [0.5, 0.6) is 5.75 Å². The molecule has 73 heavy (non-hydrogen) atoms. The maximum atomic E-state index is 14.5. The Hall–Kier alpha value is -3.57. The normalized spacial score (nSPS) is 38.7. The molecule has 18 atom stereocenters. The van der Waals surface area contributed by atoms with Gasteiger partial charge in [0.05, 0.1) is 66.4 Å². The SMILES string of the molecule is CC[C@H]1OC(=O)[C@H](C)[C@@H](O[C@H]2C[C@@](C)(OC)[C@@H](O)[C@H](C)O2)[C@H](C)[C@@H](O[C@@H]2O[C@H](C)C[C@H](N(C)CCc3cn(CCCOc4ccc(-c5ccoc5)cc4)nn3)[C@H]2O)[C@](C)(O)C[C@@H](C)CN(C)[C@H](C)[C@@H](O)[C@]1(C)O. The number of methoxy groups -OCH3 is 1. The van der Waals surface area contributed by atoms with Gasteiger partial charge in [-0.05, 0) is 112 Å². The number of hydrogen-bond acceptors (Lipinski definition) is 18. The minimum Gasteiger partial charge on any atom is -0.494 e. The lowest BCUT2D eigenvalue weighted by Gasteiger charge is -2.49. The number of furan rings is 1. The molecule has 0 radical (unpaired) electrons. The molecule has 0 bridgehead atoms. The van der Waals surface area contributed by atoms with Crippen molar-refractivity contribution in [1.29, 1.82) is 0 Å². The second-order valence-corrected chi connectivity index (χ2v) is 22.1. The van der Waals surface area contributed by atoms with Gasteiger partial charge in [-0.15, -0.1) is 5.10 Å². The minimum atomic E-state index is -1.83. The standard InChI is InChI=1S/C54H87N5O14/c1-14-43-54(10,65)47(61)36(6)58(12)29-32(2)27-52(8,64)49(34(4)46(35(5)50(63)71-43)72-44-28-53(9,66-13)48(62)37(7)70-44)73-51-45(60)42(26-33(3)69-51)57(11)23-20-40-30-59(56-55-40)22-15-24-68-41-18-16-38(17-19-41)39-21-25-67-31-39/h16-19,21,25,30-37,42-49,51,60-62,64-65H,14-15,20,22-24,26-29H2,1-13H3/t32-,33-,34+,35-,36-,37+,42+,43-,44+,45-,46+,47-,48+,49-,51+,52-,53-,54-/m1/s1.